The zero-order valence-electron chi connectivity index (χ0n) is 8.15. The number of urea groups is 1. The number of hydrogen-bond acceptors (Lipinski definition) is 2. The van der Waals surface area contributed by atoms with Gasteiger partial charge < -0.3 is 5.32 Å². The third-order valence-electron chi connectivity index (χ3n) is 1.56. The Balaban J connectivity index is 0.000000140. The molecular formula is C8H13N4O2+. The molecule has 6 heteroatoms. The van der Waals surface area contributed by atoms with Crippen molar-refractivity contribution in [2.45, 2.75) is 0 Å². The molecule has 1 aliphatic rings. The van der Waals surface area contributed by atoms with Gasteiger partial charge >= 0.3 is 6.03 Å². The van der Waals surface area contributed by atoms with Crippen LogP contribution >= 0.6 is 0 Å². The van der Waals surface area contributed by atoms with Crippen LogP contribution < -0.4 is 15.2 Å². The van der Waals surface area contributed by atoms with E-state index >= 15 is 0 Å². The van der Waals surface area contributed by atoms with E-state index in [9.17, 15) is 9.59 Å². The number of imidazole rings is 1. The van der Waals surface area contributed by atoms with Gasteiger partial charge in [-0.25, -0.2) is 13.9 Å². The molecule has 0 unspecified atom stereocenters. The zero-order chi connectivity index (χ0) is 10.6. The lowest BCUT2D eigenvalue weighted by Gasteiger charge is -1.78. The predicted molar refractivity (Wildman–Crippen MR) is 48.1 cm³/mol. The molecule has 0 spiro atoms. The van der Waals surface area contributed by atoms with Gasteiger partial charge in [-0.1, -0.05) is 0 Å². The van der Waals surface area contributed by atoms with E-state index in [4.69, 9.17) is 0 Å². The summed E-state index contributed by atoms with van der Waals surface area (Å²) in [5, 5.41) is 4.30. The summed E-state index contributed by atoms with van der Waals surface area (Å²) in [6.07, 6.45) is 6.00. The molecule has 0 radical (unpaired) electrons. The van der Waals surface area contributed by atoms with E-state index in [1.807, 2.05) is 47.3 Å². The number of imide groups is 1. The Morgan fingerprint density at radius 1 is 1.50 bits per heavy atom. The number of amides is 3. The summed E-state index contributed by atoms with van der Waals surface area (Å²) in [4.78, 5) is 20.1. The molecular weight excluding hydrogens is 184 g/mol. The number of hydrogen-bond donors (Lipinski definition) is 2. The first-order chi connectivity index (χ1) is 6.58. The maximum atomic E-state index is 10.1. The molecule has 1 aromatic rings. The number of rotatable bonds is 0. The third kappa shape index (κ3) is 3.26. The lowest BCUT2D eigenvalue weighted by atomic mass is 10.7. The summed E-state index contributed by atoms with van der Waals surface area (Å²) < 4.78 is 4.00. The molecule has 0 saturated carbocycles. The van der Waals surface area contributed by atoms with Gasteiger partial charge in [0.1, 0.15) is 12.4 Å². The summed E-state index contributed by atoms with van der Waals surface area (Å²) in [5.74, 6) is -0.259. The first-order valence-electron chi connectivity index (χ1n) is 4.13. The van der Waals surface area contributed by atoms with Gasteiger partial charge in [0.2, 0.25) is 12.2 Å². The fraction of sp³-hybridized carbons (Fsp3) is 0.375. The van der Waals surface area contributed by atoms with Crippen molar-refractivity contribution in [2.24, 2.45) is 14.1 Å². The quantitative estimate of drug-likeness (QED) is 0.400. The minimum atomic E-state index is -0.398. The molecule has 76 valence electrons. The van der Waals surface area contributed by atoms with Crippen LogP contribution in [0, 0.1) is 0 Å². The fourth-order valence-corrected chi connectivity index (χ4v) is 0.950. The lowest BCUT2D eigenvalue weighted by molar-refractivity contribution is -0.670. The molecule has 0 aliphatic carbocycles. The molecule has 1 fully saturated rings. The van der Waals surface area contributed by atoms with Crippen molar-refractivity contribution in [2.75, 3.05) is 6.54 Å². The molecule has 0 aromatic carbocycles. The van der Waals surface area contributed by atoms with Crippen LogP contribution in [0.5, 0.6) is 0 Å². The smallest absolute Gasteiger partial charge is 0.321 e. The van der Waals surface area contributed by atoms with Crippen molar-refractivity contribution in [3.8, 4) is 0 Å². The van der Waals surface area contributed by atoms with E-state index in [0.29, 0.717) is 0 Å². The van der Waals surface area contributed by atoms with E-state index in [1.54, 1.807) is 0 Å². The van der Waals surface area contributed by atoms with Crippen LogP contribution in [-0.4, -0.2) is 23.1 Å². The first kappa shape index (κ1) is 10.2. The largest absolute Gasteiger partial charge is 0.329 e. The summed E-state index contributed by atoms with van der Waals surface area (Å²) in [7, 11) is 4.00. The van der Waals surface area contributed by atoms with E-state index in [0.717, 1.165) is 0 Å². The average molecular weight is 197 g/mol. The highest BCUT2D eigenvalue weighted by molar-refractivity contribution is 6.01. The van der Waals surface area contributed by atoms with Crippen LogP contribution in [-0.2, 0) is 18.9 Å². The molecule has 1 aliphatic heterocycles. The highest BCUT2D eigenvalue weighted by Gasteiger charge is 2.14. The number of nitrogens with zero attached hydrogens (tertiary/aromatic N) is 2. The Labute approximate surface area is 81.5 Å². The molecule has 6 nitrogen and oxygen atoms in total. The Bertz CT molecular complexity index is 314. The second-order valence-corrected chi connectivity index (χ2v) is 2.98. The SMILES string of the molecule is Cn1cc[n+](C)c1.O=C1CNC(=O)N1. The summed E-state index contributed by atoms with van der Waals surface area (Å²) in [5.41, 5.74) is 0. The molecule has 0 atom stereocenters. The van der Waals surface area contributed by atoms with Crippen molar-refractivity contribution in [3.63, 3.8) is 0 Å². The molecule has 0 bridgehead atoms. The van der Waals surface area contributed by atoms with Crippen LogP contribution in [0.15, 0.2) is 18.7 Å². The molecule has 2 rings (SSSR count). The lowest BCUT2D eigenvalue weighted by Crippen LogP contribution is -2.23. The van der Waals surface area contributed by atoms with Crippen molar-refractivity contribution < 1.29 is 14.2 Å². The predicted octanol–water partition coefficient (Wildman–Crippen LogP) is -1.32. The normalized spacial score (nSPS) is 14.1. The summed E-state index contributed by atoms with van der Waals surface area (Å²) in [6.45, 7) is 0.124. The van der Waals surface area contributed by atoms with Crippen LogP contribution in [0.25, 0.3) is 0 Å². The third-order valence-corrected chi connectivity index (χ3v) is 1.56. The minimum absolute atomic E-state index is 0.124. The summed E-state index contributed by atoms with van der Waals surface area (Å²) >= 11 is 0. The molecule has 3 amide bonds. The van der Waals surface area contributed by atoms with Gasteiger partial charge in [-0.2, -0.15) is 0 Å². The first-order valence-corrected chi connectivity index (χ1v) is 4.13. The van der Waals surface area contributed by atoms with Crippen molar-refractivity contribution in [3.05, 3.63) is 18.7 Å². The van der Waals surface area contributed by atoms with Crippen LogP contribution in [0.2, 0.25) is 0 Å². The number of carbonyl (C=O) groups is 2. The number of nitrogens with one attached hydrogen (secondary N) is 2. The Morgan fingerprint density at radius 3 is 2.36 bits per heavy atom. The van der Waals surface area contributed by atoms with Gasteiger partial charge in [-0.05, 0) is 0 Å². The van der Waals surface area contributed by atoms with Crippen LogP contribution in [0.3, 0.4) is 0 Å². The summed E-state index contributed by atoms with van der Waals surface area (Å²) in [6, 6.07) is -0.398. The van der Waals surface area contributed by atoms with Gasteiger partial charge in [-0.3, -0.25) is 10.1 Å². The molecule has 2 heterocycles. The molecule has 2 N–H and O–H groups in total. The minimum Gasteiger partial charge on any atom is -0.329 e. The van der Waals surface area contributed by atoms with Crippen molar-refractivity contribution in [1.29, 1.82) is 0 Å². The van der Waals surface area contributed by atoms with Gasteiger partial charge in [0.15, 0.2) is 0 Å². The fourth-order valence-electron chi connectivity index (χ4n) is 0.950. The zero-order valence-corrected chi connectivity index (χ0v) is 8.15. The van der Waals surface area contributed by atoms with Gasteiger partial charge in [-0.15, -0.1) is 0 Å². The second-order valence-electron chi connectivity index (χ2n) is 2.98. The van der Waals surface area contributed by atoms with Crippen molar-refractivity contribution >= 4 is 11.9 Å². The van der Waals surface area contributed by atoms with Crippen molar-refractivity contribution in [1.82, 2.24) is 15.2 Å². The topological polar surface area (TPSA) is 67.0 Å². The Hall–Kier alpha value is -1.85. The van der Waals surface area contributed by atoms with E-state index < -0.39 is 6.03 Å². The maximum Gasteiger partial charge on any atom is 0.321 e. The molecule has 1 aromatic heterocycles. The Kier molecular flexibility index (Phi) is 3.22. The van der Waals surface area contributed by atoms with Gasteiger partial charge in [0, 0.05) is 0 Å². The maximum absolute atomic E-state index is 10.1. The second kappa shape index (κ2) is 4.40. The highest BCUT2D eigenvalue weighted by Crippen LogP contribution is 1.74. The molecule has 1 saturated heterocycles. The molecule has 14 heavy (non-hydrogen) atoms. The number of aryl methyl sites for hydroxylation is 2. The number of aromatic nitrogens is 2. The monoisotopic (exact) mass is 197 g/mol. The van der Waals surface area contributed by atoms with Gasteiger partial charge in [0.25, 0.3) is 0 Å². The van der Waals surface area contributed by atoms with Gasteiger partial charge in [0.05, 0.1) is 20.6 Å². The number of carbonyl (C=O) groups excluding carboxylic acids is 2. The average Bonchev–Trinajstić information content (AvgIpc) is 2.63. The van der Waals surface area contributed by atoms with Crippen LogP contribution in [0.4, 0.5) is 4.79 Å². The van der Waals surface area contributed by atoms with E-state index in [2.05, 4.69) is 5.32 Å². The Morgan fingerprint density at radius 2 is 2.21 bits per heavy atom. The van der Waals surface area contributed by atoms with E-state index in [1.165, 1.54) is 0 Å². The van der Waals surface area contributed by atoms with E-state index in [-0.39, 0.29) is 12.5 Å². The standard InChI is InChI=1S/C5H9N2.C3H4N2O2/c1-6-3-4-7(2)5-6;6-2-1-4-3(7)5-2/h3-5H,1-2H3;1H2,(H2,4,5,6,7)/q+1;. The highest BCUT2D eigenvalue weighted by atomic mass is 16.2. The van der Waals surface area contributed by atoms with Crippen LogP contribution in [0.1, 0.15) is 0 Å².